The summed E-state index contributed by atoms with van der Waals surface area (Å²) in [5.74, 6) is -0.119. The van der Waals surface area contributed by atoms with Crippen molar-refractivity contribution < 1.29 is 13.2 Å². The highest BCUT2D eigenvalue weighted by molar-refractivity contribution is 7.89. The molecule has 1 aliphatic rings. The predicted octanol–water partition coefficient (Wildman–Crippen LogP) is 2.21. The van der Waals surface area contributed by atoms with Gasteiger partial charge in [0.15, 0.2) is 0 Å². The number of aromatic nitrogens is 3. The summed E-state index contributed by atoms with van der Waals surface area (Å²) in [6.45, 7) is 7.69. The molecule has 1 amide bonds. The lowest BCUT2D eigenvalue weighted by Gasteiger charge is -2.34. The van der Waals surface area contributed by atoms with Crippen LogP contribution in [0.5, 0.6) is 0 Å². The number of benzene rings is 2. The van der Waals surface area contributed by atoms with Gasteiger partial charge in [-0.25, -0.2) is 13.1 Å². The average molecular weight is 428 g/mol. The Morgan fingerprint density at radius 2 is 1.77 bits per heavy atom. The van der Waals surface area contributed by atoms with Crippen molar-refractivity contribution in [3.63, 3.8) is 0 Å². The summed E-state index contributed by atoms with van der Waals surface area (Å²) < 4.78 is 29.3. The van der Waals surface area contributed by atoms with Crippen molar-refractivity contribution in [3.05, 3.63) is 53.1 Å². The normalized spacial score (nSPS) is 15.6. The fourth-order valence-electron chi connectivity index (χ4n) is 3.88. The Kier molecular flexibility index (Phi) is 5.33. The highest BCUT2D eigenvalue weighted by atomic mass is 32.2. The van der Waals surface area contributed by atoms with Crippen molar-refractivity contribution >= 4 is 27.0 Å². The highest BCUT2D eigenvalue weighted by Gasteiger charge is 2.31. The Morgan fingerprint density at radius 1 is 1.03 bits per heavy atom. The van der Waals surface area contributed by atoms with Crippen LogP contribution in [-0.2, 0) is 16.6 Å². The summed E-state index contributed by atoms with van der Waals surface area (Å²) >= 11 is 0. The molecule has 30 heavy (non-hydrogen) atoms. The molecule has 0 spiro atoms. The van der Waals surface area contributed by atoms with E-state index in [2.05, 4.69) is 10.3 Å². The molecule has 2 aromatic carbocycles. The third-order valence-electron chi connectivity index (χ3n) is 5.53. The topological polar surface area (TPSA) is 88.4 Å². The van der Waals surface area contributed by atoms with Gasteiger partial charge in [0, 0.05) is 38.3 Å². The van der Waals surface area contributed by atoms with E-state index >= 15 is 0 Å². The lowest BCUT2D eigenvalue weighted by atomic mass is 10.1. The van der Waals surface area contributed by atoms with Crippen LogP contribution in [0, 0.1) is 13.8 Å². The maximum absolute atomic E-state index is 13.0. The van der Waals surface area contributed by atoms with Crippen LogP contribution < -0.4 is 0 Å². The maximum atomic E-state index is 13.0. The molecule has 158 valence electrons. The Morgan fingerprint density at radius 3 is 2.43 bits per heavy atom. The van der Waals surface area contributed by atoms with Crippen LogP contribution in [0.2, 0.25) is 0 Å². The van der Waals surface area contributed by atoms with Gasteiger partial charge in [0.1, 0.15) is 5.52 Å². The number of nitrogens with zero attached hydrogens (tertiary/aromatic N) is 5. The van der Waals surface area contributed by atoms with Crippen LogP contribution in [0.3, 0.4) is 0 Å². The molecule has 3 aromatic rings. The molecule has 1 aliphatic heterocycles. The lowest BCUT2D eigenvalue weighted by molar-refractivity contribution is 0.0698. The van der Waals surface area contributed by atoms with Crippen LogP contribution >= 0.6 is 0 Å². The van der Waals surface area contributed by atoms with Gasteiger partial charge in [0.05, 0.1) is 10.4 Å². The molecule has 0 N–H and O–H groups in total. The lowest BCUT2D eigenvalue weighted by Crippen LogP contribution is -2.50. The average Bonchev–Trinajstić information content (AvgIpc) is 3.15. The number of rotatable bonds is 4. The van der Waals surface area contributed by atoms with Gasteiger partial charge in [-0.3, -0.25) is 4.79 Å². The molecular formula is C21H25N5O3S. The number of hydrogen-bond acceptors (Lipinski definition) is 5. The summed E-state index contributed by atoms with van der Waals surface area (Å²) in [5.41, 5.74) is 3.87. The molecule has 1 fully saturated rings. The molecule has 0 saturated carbocycles. The minimum Gasteiger partial charge on any atom is -0.336 e. The number of carbonyl (C=O) groups is 1. The molecule has 0 radical (unpaired) electrons. The van der Waals surface area contributed by atoms with Gasteiger partial charge in [-0.15, -0.1) is 5.10 Å². The van der Waals surface area contributed by atoms with Gasteiger partial charge in [-0.1, -0.05) is 22.9 Å². The minimum absolute atomic E-state index is 0.119. The van der Waals surface area contributed by atoms with Crippen molar-refractivity contribution in [1.82, 2.24) is 24.2 Å². The third-order valence-corrected chi connectivity index (χ3v) is 7.59. The van der Waals surface area contributed by atoms with E-state index in [4.69, 9.17) is 0 Å². The predicted molar refractivity (Wildman–Crippen MR) is 114 cm³/mol. The molecule has 1 saturated heterocycles. The Hall–Kier alpha value is -2.78. The first-order chi connectivity index (χ1) is 14.3. The van der Waals surface area contributed by atoms with Crippen molar-refractivity contribution in [2.45, 2.75) is 32.2 Å². The van der Waals surface area contributed by atoms with Gasteiger partial charge in [0.25, 0.3) is 5.91 Å². The van der Waals surface area contributed by atoms with Crippen molar-refractivity contribution in [3.8, 4) is 0 Å². The molecule has 0 aliphatic carbocycles. The second-order valence-corrected chi connectivity index (χ2v) is 9.48. The number of aryl methyl sites for hydroxylation is 3. The number of sulfonamides is 1. The third kappa shape index (κ3) is 3.59. The molecule has 4 rings (SSSR count). The zero-order valence-electron chi connectivity index (χ0n) is 17.4. The number of fused-ring (bicyclic) bond motifs is 1. The molecule has 8 nitrogen and oxygen atoms in total. The number of amides is 1. The van der Waals surface area contributed by atoms with Gasteiger partial charge < -0.3 is 4.90 Å². The van der Waals surface area contributed by atoms with Crippen molar-refractivity contribution in [2.24, 2.45) is 0 Å². The number of piperazine rings is 1. The fraction of sp³-hybridized carbons (Fsp3) is 0.381. The van der Waals surface area contributed by atoms with E-state index < -0.39 is 10.0 Å². The first kappa shape index (κ1) is 20.5. The van der Waals surface area contributed by atoms with Gasteiger partial charge in [0.2, 0.25) is 10.0 Å². The molecule has 0 atom stereocenters. The van der Waals surface area contributed by atoms with Gasteiger partial charge in [-0.05, 0) is 50.6 Å². The van der Waals surface area contributed by atoms with Gasteiger partial charge >= 0.3 is 0 Å². The van der Waals surface area contributed by atoms with E-state index in [1.54, 1.807) is 27.8 Å². The van der Waals surface area contributed by atoms with E-state index in [9.17, 15) is 13.2 Å². The largest absolute Gasteiger partial charge is 0.336 e. The van der Waals surface area contributed by atoms with E-state index in [0.29, 0.717) is 35.6 Å². The second-order valence-electron chi connectivity index (χ2n) is 7.57. The van der Waals surface area contributed by atoms with Crippen LogP contribution in [0.1, 0.15) is 28.4 Å². The zero-order chi connectivity index (χ0) is 21.5. The molecule has 2 heterocycles. The van der Waals surface area contributed by atoms with E-state index in [-0.39, 0.29) is 19.0 Å². The van der Waals surface area contributed by atoms with E-state index in [1.165, 1.54) is 4.31 Å². The smallest absolute Gasteiger partial charge is 0.254 e. The maximum Gasteiger partial charge on any atom is 0.254 e. The number of hydrogen-bond donors (Lipinski definition) is 0. The molecule has 0 bridgehead atoms. The quantitative estimate of drug-likeness (QED) is 0.637. The Balaban J connectivity index is 1.48. The zero-order valence-corrected chi connectivity index (χ0v) is 18.2. The second kappa shape index (κ2) is 7.81. The van der Waals surface area contributed by atoms with Crippen LogP contribution in [0.25, 0.3) is 11.0 Å². The summed E-state index contributed by atoms with van der Waals surface area (Å²) in [5, 5.41) is 8.20. The standard InChI is InChI=1S/C21H25N5O3S/c1-4-26-19-7-6-17(14-18(19)22-23-26)21(27)24-9-11-25(12-10-24)30(28,29)20-8-5-15(2)13-16(20)3/h5-8,13-14H,4,9-12H2,1-3H3. The number of carbonyl (C=O) groups excluding carboxylic acids is 1. The van der Waals surface area contributed by atoms with E-state index in [1.807, 2.05) is 39.0 Å². The fourth-order valence-corrected chi connectivity index (χ4v) is 5.51. The van der Waals surface area contributed by atoms with Crippen molar-refractivity contribution in [1.29, 1.82) is 0 Å². The van der Waals surface area contributed by atoms with Crippen LogP contribution in [0.4, 0.5) is 0 Å². The molecule has 9 heteroatoms. The first-order valence-corrected chi connectivity index (χ1v) is 11.4. The molecule has 0 unspecified atom stereocenters. The minimum atomic E-state index is -3.58. The van der Waals surface area contributed by atoms with Crippen LogP contribution in [-0.4, -0.2) is 64.7 Å². The van der Waals surface area contributed by atoms with E-state index in [0.717, 1.165) is 16.6 Å². The summed E-state index contributed by atoms with van der Waals surface area (Å²) in [6, 6.07) is 10.7. The molecular weight excluding hydrogens is 402 g/mol. The summed E-state index contributed by atoms with van der Waals surface area (Å²) in [6.07, 6.45) is 0. The summed E-state index contributed by atoms with van der Waals surface area (Å²) in [4.78, 5) is 15.0. The first-order valence-electron chi connectivity index (χ1n) is 10.0. The Labute approximate surface area is 176 Å². The summed E-state index contributed by atoms with van der Waals surface area (Å²) in [7, 11) is -3.58. The molecule has 1 aromatic heterocycles. The SMILES string of the molecule is CCn1nnc2cc(C(=O)N3CCN(S(=O)(=O)c4ccc(C)cc4C)CC3)ccc21. The van der Waals surface area contributed by atoms with Crippen molar-refractivity contribution in [2.75, 3.05) is 26.2 Å². The Bertz CT molecular complexity index is 1210. The van der Waals surface area contributed by atoms with Crippen LogP contribution in [0.15, 0.2) is 41.3 Å². The monoisotopic (exact) mass is 427 g/mol. The highest BCUT2D eigenvalue weighted by Crippen LogP contribution is 2.23. The van der Waals surface area contributed by atoms with Gasteiger partial charge in [-0.2, -0.15) is 4.31 Å².